The Labute approximate surface area is 162 Å². The number of carbonyl (C=O) groups is 3. The van der Waals surface area contributed by atoms with Crippen molar-refractivity contribution in [2.45, 2.75) is 19.3 Å². The van der Waals surface area contributed by atoms with E-state index in [4.69, 9.17) is 0 Å². The van der Waals surface area contributed by atoms with Crippen molar-refractivity contribution in [3.05, 3.63) is 78.1 Å². The predicted octanol–water partition coefficient (Wildman–Crippen LogP) is 2.76. The van der Waals surface area contributed by atoms with E-state index in [0.29, 0.717) is 6.42 Å². The highest BCUT2D eigenvalue weighted by molar-refractivity contribution is 6.19. The van der Waals surface area contributed by atoms with Gasteiger partial charge in [0.15, 0.2) is 0 Å². The number of nitrogens with one attached hydrogen (secondary N) is 2. The van der Waals surface area contributed by atoms with Gasteiger partial charge in [0.2, 0.25) is 11.8 Å². The second-order valence-electron chi connectivity index (χ2n) is 6.99. The minimum Gasteiger partial charge on any atom is -0.277 e. The first kappa shape index (κ1) is 17.9. The smallest absolute Gasteiger partial charge is 0.277 e. The second-order valence-corrected chi connectivity index (χ2v) is 6.99. The quantitative estimate of drug-likeness (QED) is 0.673. The molecule has 1 fully saturated rings. The third-order valence-corrected chi connectivity index (χ3v) is 5.29. The van der Waals surface area contributed by atoms with Crippen LogP contribution < -0.4 is 10.6 Å². The topological polar surface area (TPSA) is 88.2 Å². The maximum atomic E-state index is 12.9. The molecule has 1 aromatic heterocycles. The molecular formula is C22H19N3O3. The lowest BCUT2D eigenvalue weighted by Crippen LogP contribution is -2.63. The summed E-state index contributed by atoms with van der Waals surface area (Å²) in [6.45, 7) is 0. The van der Waals surface area contributed by atoms with E-state index in [2.05, 4.69) is 15.6 Å². The second kappa shape index (κ2) is 7.23. The molecule has 4 rings (SSSR count). The van der Waals surface area contributed by atoms with E-state index in [1.54, 1.807) is 12.4 Å². The number of barbiturate groups is 1. The van der Waals surface area contributed by atoms with Gasteiger partial charge in [0, 0.05) is 12.4 Å². The van der Waals surface area contributed by atoms with Gasteiger partial charge < -0.3 is 0 Å². The van der Waals surface area contributed by atoms with Crippen LogP contribution in [-0.4, -0.2) is 22.8 Å². The Kier molecular flexibility index (Phi) is 4.61. The molecule has 1 aliphatic rings. The zero-order chi connectivity index (χ0) is 19.6. The fourth-order valence-electron chi connectivity index (χ4n) is 3.73. The number of rotatable bonds is 5. The number of pyridine rings is 1. The molecule has 0 atom stereocenters. The zero-order valence-electron chi connectivity index (χ0n) is 15.1. The van der Waals surface area contributed by atoms with Gasteiger partial charge in [0.25, 0.3) is 0 Å². The van der Waals surface area contributed by atoms with Crippen LogP contribution in [0.4, 0.5) is 4.79 Å². The maximum Gasteiger partial charge on any atom is 0.328 e. The van der Waals surface area contributed by atoms with Crippen LogP contribution in [0.3, 0.4) is 0 Å². The van der Waals surface area contributed by atoms with Crippen LogP contribution in [0.25, 0.3) is 10.8 Å². The molecule has 4 amide bonds. The molecule has 1 saturated heterocycles. The monoisotopic (exact) mass is 373 g/mol. The number of aryl methyl sites for hydroxylation is 1. The van der Waals surface area contributed by atoms with Crippen molar-refractivity contribution in [3.63, 3.8) is 0 Å². The first-order valence-electron chi connectivity index (χ1n) is 9.11. The van der Waals surface area contributed by atoms with E-state index in [0.717, 1.165) is 21.9 Å². The van der Waals surface area contributed by atoms with Crippen molar-refractivity contribution in [2.75, 3.05) is 0 Å². The molecule has 0 bridgehead atoms. The fraction of sp³-hybridized carbons (Fsp3) is 0.182. The van der Waals surface area contributed by atoms with Gasteiger partial charge in [-0.3, -0.25) is 25.2 Å². The van der Waals surface area contributed by atoms with Crippen molar-refractivity contribution < 1.29 is 14.4 Å². The lowest BCUT2D eigenvalue weighted by Gasteiger charge is -2.34. The first-order chi connectivity index (χ1) is 13.6. The van der Waals surface area contributed by atoms with E-state index in [9.17, 15) is 14.4 Å². The van der Waals surface area contributed by atoms with Gasteiger partial charge in [0.05, 0.1) is 0 Å². The zero-order valence-corrected chi connectivity index (χ0v) is 15.1. The summed E-state index contributed by atoms with van der Waals surface area (Å²) in [6, 6.07) is 16.6. The Morgan fingerprint density at radius 2 is 1.50 bits per heavy atom. The molecule has 3 aromatic rings. The number of amides is 4. The van der Waals surface area contributed by atoms with Crippen LogP contribution in [0.5, 0.6) is 0 Å². The highest BCUT2D eigenvalue weighted by Crippen LogP contribution is 2.34. The highest BCUT2D eigenvalue weighted by Gasteiger charge is 2.50. The maximum absolute atomic E-state index is 12.9. The van der Waals surface area contributed by atoms with Crippen LogP contribution in [0, 0.1) is 5.41 Å². The number of benzene rings is 2. The molecule has 28 heavy (non-hydrogen) atoms. The summed E-state index contributed by atoms with van der Waals surface area (Å²) in [5.74, 6) is -1.11. The molecule has 140 valence electrons. The average molecular weight is 373 g/mol. The average Bonchev–Trinajstić information content (AvgIpc) is 2.71. The summed E-state index contributed by atoms with van der Waals surface area (Å²) in [7, 11) is 0. The van der Waals surface area contributed by atoms with Gasteiger partial charge >= 0.3 is 6.03 Å². The minimum absolute atomic E-state index is 0.213. The van der Waals surface area contributed by atoms with E-state index >= 15 is 0 Å². The Morgan fingerprint density at radius 1 is 0.821 bits per heavy atom. The van der Waals surface area contributed by atoms with Gasteiger partial charge in [-0.05, 0) is 53.3 Å². The van der Waals surface area contributed by atoms with Crippen LogP contribution >= 0.6 is 0 Å². The SMILES string of the molecule is O=C1NC(=O)C(CCc2ccncc2)(Cc2cccc3ccccc23)C(=O)N1. The summed E-state index contributed by atoms with van der Waals surface area (Å²) in [4.78, 5) is 41.4. The molecule has 0 saturated carbocycles. The third kappa shape index (κ3) is 3.24. The molecule has 2 heterocycles. The van der Waals surface area contributed by atoms with Crippen molar-refractivity contribution in [1.82, 2.24) is 15.6 Å². The summed E-state index contributed by atoms with van der Waals surface area (Å²) in [5, 5.41) is 6.60. The normalized spacial score (nSPS) is 15.9. The van der Waals surface area contributed by atoms with Gasteiger partial charge in [-0.2, -0.15) is 0 Å². The van der Waals surface area contributed by atoms with Crippen molar-refractivity contribution in [2.24, 2.45) is 5.41 Å². The number of urea groups is 1. The standard InChI is InChI=1S/C22H19N3O3/c26-19-22(20(27)25-21(28)24-19,11-8-15-9-12-23-13-10-15)14-17-6-3-5-16-4-1-2-7-18(16)17/h1-7,9-10,12-13H,8,11,14H2,(H2,24,25,26,27,28). The Morgan fingerprint density at radius 3 is 2.25 bits per heavy atom. The number of imide groups is 2. The number of carbonyl (C=O) groups excluding carboxylic acids is 3. The summed E-state index contributed by atoms with van der Waals surface area (Å²) in [5.41, 5.74) is 0.513. The minimum atomic E-state index is -1.36. The van der Waals surface area contributed by atoms with Crippen molar-refractivity contribution in [1.29, 1.82) is 0 Å². The molecule has 0 aliphatic carbocycles. The Balaban J connectivity index is 1.73. The van der Waals surface area contributed by atoms with Gasteiger partial charge in [-0.15, -0.1) is 0 Å². The molecule has 0 radical (unpaired) electrons. The Bertz CT molecular complexity index is 1040. The Hall–Kier alpha value is -3.54. The third-order valence-electron chi connectivity index (χ3n) is 5.29. The summed E-state index contributed by atoms with van der Waals surface area (Å²) >= 11 is 0. The predicted molar refractivity (Wildman–Crippen MR) is 104 cm³/mol. The fourth-order valence-corrected chi connectivity index (χ4v) is 3.73. The number of hydrogen-bond donors (Lipinski definition) is 2. The molecular weight excluding hydrogens is 354 g/mol. The van der Waals surface area contributed by atoms with Crippen LogP contribution in [-0.2, 0) is 22.4 Å². The molecule has 6 heteroatoms. The molecule has 2 N–H and O–H groups in total. The largest absolute Gasteiger partial charge is 0.328 e. The van der Waals surface area contributed by atoms with Gasteiger partial charge in [0.1, 0.15) is 5.41 Å². The molecule has 2 aromatic carbocycles. The van der Waals surface area contributed by atoms with E-state index < -0.39 is 23.3 Å². The molecule has 6 nitrogen and oxygen atoms in total. The molecule has 1 aliphatic heterocycles. The van der Waals surface area contributed by atoms with Crippen molar-refractivity contribution >= 4 is 28.6 Å². The van der Waals surface area contributed by atoms with E-state index in [-0.39, 0.29) is 12.8 Å². The summed E-state index contributed by atoms with van der Waals surface area (Å²) < 4.78 is 0. The van der Waals surface area contributed by atoms with E-state index in [1.807, 2.05) is 54.6 Å². The van der Waals surface area contributed by atoms with Crippen LogP contribution in [0.15, 0.2) is 67.0 Å². The first-order valence-corrected chi connectivity index (χ1v) is 9.11. The number of aromatic nitrogens is 1. The lowest BCUT2D eigenvalue weighted by atomic mass is 9.73. The van der Waals surface area contributed by atoms with Gasteiger partial charge in [-0.25, -0.2) is 4.79 Å². The summed E-state index contributed by atoms with van der Waals surface area (Å²) in [6.07, 6.45) is 4.37. The molecule has 0 unspecified atom stereocenters. The highest BCUT2D eigenvalue weighted by atomic mass is 16.2. The van der Waals surface area contributed by atoms with Gasteiger partial charge in [-0.1, -0.05) is 42.5 Å². The lowest BCUT2D eigenvalue weighted by molar-refractivity contribution is -0.144. The van der Waals surface area contributed by atoms with E-state index in [1.165, 1.54) is 0 Å². The van der Waals surface area contributed by atoms with Crippen LogP contribution in [0.2, 0.25) is 0 Å². The van der Waals surface area contributed by atoms with Crippen LogP contribution in [0.1, 0.15) is 17.5 Å². The number of hydrogen-bond acceptors (Lipinski definition) is 4. The number of nitrogens with zero attached hydrogens (tertiary/aromatic N) is 1. The van der Waals surface area contributed by atoms with Crippen molar-refractivity contribution in [3.8, 4) is 0 Å². The molecule has 0 spiro atoms. The number of fused-ring (bicyclic) bond motifs is 1.